The molecule has 0 unspecified atom stereocenters. The van der Waals surface area contributed by atoms with E-state index >= 15 is 4.57 Å². The zero-order valence-electron chi connectivity index (χ0n) is 26.2. The average Bonchev–Trinajstić information content (AvgIpc) is 3.56. The summed E-state index contributed by atoms with van der Waals surface area (Å²) in [6.07, 6.45) is 0. The maximum absolute atomic E-state index is 15.5. The smallest absolute Gasteiger partial charge is 0.177 e. The topological polar surface area (TPSA) is 48.7 Å². The van der Waals surface area contributed by atoms with Gasteiger partial charge in [0.2, 0.25) is 0 Å². The van der Waals surface area contributed by atoms with E-state index in [1.807, 2.05) is 109 Å². The Morgan fingerprint density at radius 2 is 0.959 bits per heavy atom. The van der Waals surface area contributed by atoms with Crippen molar-refractivity contribution in [3.63, 3.8) is 0 Å². The monoisotopic (exact) mass is 650 g/mol. The van der Waals surface area contributed by atoms with Crippen LogP contribution in [-0.2, 0) is 4.57 Å². The van der Waals surface area contributed by atoms with Gasteiger partial charge < -0.3 is 18.5 Å². The van der Waals surface area contributed by atoms with Crippen LogP contribution in [0.5, 0.6) is 23.0 Å². The van der Waals surface area contributed by atoms with Crippen LogP contribution in [0.2, 0.25) is 0 Å². The van der Waals surface area contributed by atoms with Crippen molar-refractivity contribution in [3.05, 3.63) is 164 Å². The molecule has 0 amide bonds. The van der Waals surface area contributed by atoms with Gasteiger partial charge in [-0.15, -0.1) is 0 Å². The van der Waals surface area contributed by atoms with Crippen LogP contribution in [0.15, 0.2) is 168 Å². The van der Waals surface area contributed by atoms with Crippen LogP contribution in [-0.4, -0.2) is 0 Å². The minimum absolute atomic E-state index is 0.628. The fourth-order valence-electron chi connectivity index (χ4n) is 7.28. The van der Waals surface area contributed by atoms with E-state index in [0.29, 0.717) is 33.9 Å². The zero-order chi connectivity index (χ0) is 32.5. The summed E-state index contributed by atoms with van der Waals surface area (Å²) in [5.41, 5.74) is 3.23. The van der Waals surface area contributed by atoms with Gasteiger partial charge in [0, 0.05) is 32.3 Å². The van der Waals surface area contributed by atoms with Crippen LogP contribution in [0, 0.1) is 0 Å². The first-order valence-corrected chi connectivity index (χ1v) is 18.0. The van der Waals surface area contributed by atoms with Crippen molar-refractivity contribution >= 4 is 66.5 Å². The molecule has 1 aliphatic heterocycles. The predicted molar refractivity (Wildman–Crippen MR) is 200 cm³/mol. The molecule has 9 aromatic rings. The summed E-state index contributed by atoms with van der Waals surface area (Å²) in [5.74, 6) is 2.70. The van der Waals surface area contributed by atoms with Crippen molar-refractivity contribution in [2.24, 2.45) is 0 Å². The number of furan rings is 1. The van der Waals surface area contributed by atoms with E-state index in [4.69, 9.17) is 13.9 Å². The Hall–Kier alpha value is -6.09. The van der Waals surface area contributed by atoms with Gasteiger partial charge in [0.05, 0.1) is 5.30 Å². The Morgan fingerprint density at radius 3 is 1.65 bits per heavy atom. The zero-order valence-corrected chi connectivity index (χ0v) is 27.1. The normalized spacial score (nSPS) is 12.5. The van der Waals surface area contributed by atoms with Gasteiger partial charge in [-0.3, -0.25) is 0 Å². The van der Waals surface area contributed by atoms with E-state index in [2.05, 4.69) is 54.6 Å². The third-order valence-electron chi connectivity index (χ3n) is 9.58. The highest BCUT2D eigenvalue weighted by atomic mass is 31.2. The average molecular weight is 651 g/mol. The fourth-order valence-corrected chi connectivity index (χ4v) is 10.1. The molecule has 1 aliphatic rings. The van der Waals surface area contributed by atoms with E-state index in [0.717, 1.165) is 59.6 Å². The fraction of sp³-hybridized carbons (Fsp3) is 0. The Kier molecular flexibility index (Phi) is 6.12. The van der Waals surface area contributed by atoms with Crippen molar-refractivity contribution in [2.45, 2.75) is 0 Å². The minimum Gasteiger partial charge on any atom is -0.455 e. The number of rotatable bonds is 4. The highest BCUT2D eigenvalue weighted by Crippen LogP contribution is 2.53. The molecule has 232 valence electrons. The quantitative estimate of drug-likeness (QED) is 0.178. The molecule has 0 radical (unpaired) electrons. The van der Waals surface area contributed by atoms with E-state index < -0.39 is 7.14 Å². The molecule has 49 heavy (non-hydrogen) atoms. The number of hydrogen-bond acceptors (Lipinski definition) is 4. The molecule has 0 bridgehead atoms. The molecule has 0 atom stereocenters. The first kappa shape index (κ1) is 28.0. The molecule has 0 saturated carbocycles. The molecule has 0 saturated heterocycles. The second-order valence-corrected chi connectivity index (χ2v) is 15.1. The van der Waals surface area contributed by atoms with Gasteiger partial charge in [0.25, 0.3) is 0 Å². The third-order valence-corrected chi connectivity index (χ3v) is 12.7. The highest BCUT2D eigenvalue weighted by Gasteiger charge is 2.33. The van der Waals surface area contributed by atoms with Crippen LogP contribution in [0.1, 0.15) is 0 Å². The van der Waals surface area contributed by atoms with E-state index in [1.54, 1.807) is 0 Å². The van der Waals surface area contributed by atoms with E-state index in [-0.39, 0.29) is 0 Å². The molecule has 0 aliphatic carbocycles. The lowest BCUT2D eigenvalue weighted by atomic mass is 9.95. The first-order valence-electron chi connectivity index (χ1n) is 16.3. The van der Waals surface area contributed by atoms with Crippen molar-refractivity contribution in [1.82, 2.24) is 0 Å². The lowest BCUT2D eigenvalue weighted by molar-refractivity contribution is 0.364. The lowest BCUT2D eigenvalue weighted by Gasteiger charge is -2.24. The van der Waals surface area contributed by atoms with Gasteiger partial charge in [0.15, 0.2) is 30.1 Å². The molecule has 4 nitrogen and oxygen atoms in total. The summed E-state index contributed by atoms with van der Waals surface area (Å²) in [6, 6.07) is 54.2. The maximum Gasteiger partial charge on any atom is 0.177 e. The Bertz CT molecular complexity index is 2760. The number of fused-ring (bicyclic) bond motifs is 8. The lowest BCUT2D eigenvalue weighted by Crippen LogP contribution is -2.25. The van der Waals surface area contributed by atoms with Gasteiger partial charge in [-0.25, -0.2) is 0 Å². The van der Waals surface area contributed by atoms with Gasteiger partial charge in [-0.05, 0) is 46.0 Å². The predicted octanol–water partition coefficient (Wildman–Crippen LogP) is 11.1. The first-order chi connectivity index (χ1) is 24.2. The Balaban J connectivity index is 1.20. The highest BCUT2D eigenvalue weighted by molar-refractivity contribution is 7.85. The van der Waals surface area contributed by atoms with Crippen LogP contribution in [0.25, 0.3) is 54.6 Å². The van der Waals surface area contributed by atoms with Crippen molar-refractivity contribution in [1.29, 1.82) is 0 Å². The van der Waals surface area contributed by atoms with Crippen LogP contribution in [0.3, 0.4) is 0 Å². The molecular weight excluding hydrogens is 623 g/mol. The van der Waals surface area contributed by atoms with Gasteiger partial charge >= 0.3 is 0 Å². The third kappa shape index (κ3) is 4.21. The molecule has 8 aromatic carbocycles. The summed E-state index contributed by atoms with van der Waals surface area (Å²) in [5, 5.41) is 8.22. The molecule has 2 heterocycles. The van der Waals surface area contributed by atoms with E-state index in [1.165, 1.54) is 0 Å². The SMILES string of the molecule is O=P(c1ccccc1)(c1ccccc1)c1cccc2c1oc1c(-c3cc4c(c5ccccc35)Oc3cc5ccccc5cc3O4)cccc12. The molecule has 1 aromatic heterocycles. The van der Waals surface area contributed by atoms with Crippen molar-refractivity contribution in [3.8, 4) is 34.1 Å². The minimum atomic E-state index is -3.30. The van der Waals surface area contributed by atoms with E-state index in [9.17, 15) is 0 Å². The molecule has 10 rings (SSSR count). The van der Waals surface area contributed by atoms with Gasteiger partial charge in [-0.2, -0.15) is 0 Å². The maximum atomic E-state index is 15.5. The molecule has 0 spiro atoms. The van der Waals surface area contributed by atoms with Gasteiger partial charge in [0.1, 0.15) is 11.2 Å². The second kappa shape index (κ2) is 10.7. The molecular formula is C44H27O4P. The largest absolute Gasteiger partial charge is 0.455 e. The number of para-hydroxylation sites is 2. The van der Waals surface area contributed by atoms with Crippen molar-refractivity contribution in [2.75, 3.05) is 0 Å². The summed E-state index contributed by atoms with van der Waals surface area (Å²) in [4.78, 5) is 0. The summed E-state index contributed by atoms with van der Waals surface area (Å²) >= 11 is 0. The summed E-state index contributed by atoms with van der Waals surface area (Å²) in [7, 11) is -3.30. The van der Waals surface area contributed by atoms with Crippen LogP contribution < -0.4 is 25.4 Å². The summed E-state index contributed by atoms with van der Waals surface area (Å²) < 4.78 is 35.6. The molecule has 5 heteroatoms. The Labute approximate surface area is 282 Å². The van der Waals surface area contributed by atoms with Crippen LogP contribution >= 0.6 is 7.14 Å². The van der Waals surface area contributed by atoms with Gasteiger partial charge in [-0.1, -0.05) is 140 Å². The molecule has 0 N–H and O–H groups in total. The summed E-state index contributed by atoms with van der Waals surface area (Å²) in [6.45, 7) is 0. The number of benzene rings is 8. The number of ether oxygens (including phenoxy) is 2. The standard InChI is InChI=1S/C44H27O4P/c45-49(30-15-3-1-4-16-30,31-17-5-2-6-18-31)41-24-12-23-35-34-21-11-22-36(42(34)48-44(35)41)37-27-40-43(33-20-10-9-19-32(33)37)47-39-26-29-14-8-7-13-28(29)25-38(39)46-40/h1-27H. The number of hydrogen-bond donors (Lipinski definition) is 0. The Morgan fingerprint density at radius 1 is 0.408 bits per heavy atom. The van der Waals surface area contributed by atoms with Crippen LogP contribution in [0.4, 0.5) is 0 Å². The second-order valence-electron chi connectivity index (χ2n) is 12.4. The van der Waals surface area contributed by atoms with Crippen molar-refractivity contribution < 1.29 is 18.5 Å². The molecule has 0 fully saturated rings.